The highest BCUT2D eigenvalue weighted by Crippen LogP contribution is 2.11. The number of nitrogens with zero attached hydrogens (tertiary/aromatic N) is 1. The van der Waals surface area contributed by atoms with Crippen molar-refractivity contribution in [2.75, 3.05) is 20.2 Å². The minimum Gasteiger partial charge on any atom is -0.494 e. The molecule has 0 spiro atoms. The molecule has 0 saturated heterocycles. The van der Waals surface area contributed by atoms with Gasteiger partial charge in [0.25, 0.3) is 0 Å². The predicted octanol–water partition coefficient (Wildman–Crippen LogP) is 3.10. The maximum atomic E-state index is 13.5. The summed E-state index contributed by atoms with van der Waals surface area (Å²) in [6, 6.07) is 12.5. The lowest BCUT2D eigenvalue weighted by atomic mass is 10.2. The molecule has 0 aliphatic heterocycles. The molecule has 0 atom stereocenters. The summed E-state index contributed by atoms with van der Waals surface area (Å²) in [4.78, 5) is 4.09. The minimum atomic E-state index is -0.284. The molecule has 0 saturated carbocycles. The molecule has 0 radical (unpaired) electrons. The van der Waals surface area contributed by atoms with Crippen molar-refractivity contribution < 1.29 is 13.5 Å². The second kappa shape index (κ2) is 9.50. The van der Waals surface area contributed by atoms with Crippen LogP contribution in [0.3, 0.4) is 0 Å². The molecule has 128 valence electrons. The molecule has 0 aromatic heterocycles. The number of rotatable bonds is 7. The van der Waals surface area contributed by atoms with Crippen LogP contribution in [0.4, 0.5) is 8.78 Å². The fourth-order valence-corrected chi connectivity index (χ4v) is 2.04. The average molecular weight is 333 g/mol. The number of halogens is 2. The first kappa shape index (κ1) is 17.7. The zero-order valence-corrected chi connectivity index (χ0v) is 13.6. The molecule has 2 aromatic carbocycles. The van der Waals surface area contributed by atoms with Crippen LogP contribution in [0.15, 0.2) is 53.5 Å². The monoisotopic (exact) mass is 333 g/mol. The molecule has 0 bridgehead atoms. The van der Waals surface area contributed by atoms with Gasteiger partial charge >= 0.3 is 0 Å². The van der Waals surface area contributed by atoms with Gasteiger partial charge in [-0.15, -0.1) is 0 Å². The van der Waals surface area contributed by atoms with Crippen LogP contribution < -0.4 is 15.4 Å². The van der Waals surface area contributed by atoms with E-state index in [1.807, 2.05) is 0 Å². The summed E-state index contributed by atoms with van der Waals surface area (Å²) in [6.45, 7) is 1.51. The molecule has 4 nitrogen and oxygen atoms in total. The fourth-order valence-electron chi connectivity index (χ4n) is 2.04. The van der Waals surface area contributed by atoms with Crippen molar-refractivity contribution in [3.63, 3.8) is 0 Å². The Labute approximate surface area is 140 Å². The van der Waals surface area contributed by atoms with Crippen LogP contribution in [0.1, 0.15) is 12.0 Å². The number of hydrogen-bond donors (Lipinski definition) is 2. The van der Waals surface area contributed by atoms with Crippen molar-refractivity contribution in [2.24, 2.45) is 4.99 Å². The minimum absolute atomic E-state index is 0.242. The molecule has 0 unspecified atom stereocenters. The van der Waals surface area contributed by atoms with Gasteiger partial charge in [-0.25, -0.2) is 8.78 Å². The van der Waals surface area contributed by atoms with Gasteiger partial charge in [-0.1, -0.05) is 18.2 Å². The fraction of sp³-hybridized carbons (Fsp3) is 0.278. The molecule has 0 amide bonds. The molecule has 2 N–H and O–H groups in total. The lowest BCUT2D eigenvalue weighted by Gasteiger charge is -2.12. The molecule has 0 heterocycles. The molecule has 2 aromatic rings. The molecule has 6 heteroatoms. The van der Waals surface area contributed by atoms with Crippen LogP contribution in [0.25, 0.3) is 0 Å². The first-order chi connectivity index (χ1) is 11.7. The van der Waals surface area contributed by atoms with E-state index in [0.29, 0.717) is 37.0 Å². The zero-order chi connectivity index (χ0) is 17.2. The summed E-state index contributed by atoms with van der Waals surface area (Å²) in [7, 11) is 1.66. The predicted molar refractivity (Wildman–Crippen MR) is 91.1 cm³/mol. The van der Waals surface area contributed by atoms with Gasteiger partial charge in [-0.2, -0.15) is 0 Å². The Balaban J connectivity index is 1.65. The highest BCUT2D eigenvalue weighted by atomic mass is 19.1. The Bertz CT molecular complexity index is 660. The Morgan fingerprint density at radius 1 is 1.04 bits per heavy atom. The van der Waals surface area contributed by atoms with E-state index in [1.165, 1.54) is 18.2 Å². The van der Waals surface area contributed by atoms with E-state index in [1.54, 1.807) is 37.4 Å². The Morgan fingerprint density at radius 2 is 1.79 bits per heavy atom. The van der Waals surface area contributed by atoms with Gasteiger partial charge in [0, 0.05) is 25.7 Å². The molecular formula is C18H21F2N3O. The Kier molecular flexibility index (Phi) is 7.01. The van der Waals surface area contributed by atoms with Crippen molar-refractivity contribution in [2.45, 2.75) is 13.0 Å². The van der Waals surface area contributed by atoms with E-state index in [-0.39, 0.29) is 11.6 Å². The van der Waals surface area contributed by atoms with Gasteiger partial charge in [0.05, 0.1) is 6.61 Å². The molecular weight excluding hydrogens is 312 g/mol. The normalized spacial score (nSPS) is 11.2. The van der Waals surface area contributed by atoms with Crippen molar-refractivity contribution in [1.29, 1.82) is 0 Å². The number of hydrogen-bond acceptors (Lipinski definition) is 2. The van der Waals surface area contributed by atoms with Gasteiger partial charge in [0.15, 0.2) is 5.96 Å². The van der Waals surface area contributed by atoms with Gasteiger partial charge in [-0.05, 0) is 36.8 Å². The molecule has 0 fully saturated rings. The second-order valence-electron chi connectivity index (χ2n) is 5.10. The quantitative estimate of drug-likeness (QED) is 0.465. The third-order valence-corrected chi connectivity index (χ3v) is 3.32. The molecule has 0 aliphatic rings. The summed E-state index contributed by atoms with van der Waals surface area (Å²) in [5, 5.41) is 6.19. The van der Waals surface area contributed by atoms with Crippen LogP contribution in [0.5, 0.6) is 5.75 Å². The molecule has 24 heavy (non-hydrogen) atoms. The van der Waals surface area contributed by atoms with E-state index < -0.39 is 0 Å². The summed E-state index contributed by atoms with van der Waals surface area (Å²) in [5.74, 6) is 0.709. The highest BCUT2D eigenvalue weighted by Gasteiger charge is 2.02. The van der Waals surface area contributed by atoms with Gasteiger partial charge in [-0.3, -0.25) is 4.99 Å². The van der Waals surface area contributed by atoms with E-state index in [2.05, 4.69) is 15.6 Å². The summed E-state index contributed by atoms with van der Waals surface area (Å²) >= 11 is 0. The summed E-state index contributed by atoms with van der Waals surface area (Å²) in [5.41, 5.74) is 0.583. The van der Waals surface area contributed by atoms with Crippen molar-refractivity contribution in [3.8, 4) is 5.75 Å². The largest absolute Gasteiger partial charge is 0.494 e. The van der Waals surface area contributed by atoms with Gasteiger partial charge in [0.1, 0.15) is 17.4 Å². The van der Waals surface area contributed by atoms with Crippen LogP contribution in [0.2, 0.25) is 0 Å². The van der Waals surface area contributed by atoms with Gasteiger partial charge < -0.3 is 15.4 Å². The third-order valence-electron chi connectivity index (χ3n) is 3.32. The van der Waals surface area contributed by atoms with Crippen molar-refractivity contribution in [3.05, 3.63) is 65.7 Å². The zero-order valence-electron chi connectivity index (χ0n) is 13.6. The van der Waals surface area contributed by atoms with Crippen LogP contribution in [-0.4, -0.2) is 26.2 Å². The van der Waals surface area contributed by atoms with E-state index in [0.717, 1.165) is 6.42 Å². The van der Waals surface area contributed by atoms with E-state index in [4.69, 9.17) is 4.74 Å². The number of ether oxygens (including phenoxy) is 1. The number of guanidine groups is 1. The van der Waals surface area contributed by atoms with Gasteiger partial charge in [0.2, 0.25) is 0 Å². The van der Waals surface area contributed by atoms with Crippen LogP contribution in [0, 0.1) is 11.6 Å². The number of benzene rings is 2. The SMILES string of the molecule is CN=C(NCCCOc1ccc(F)cc1)NCc1ccccc1F. The average Bonchev–Trinajstić information content (AvgIpc) is 2.60. The van der Waals surface area contributed by atoms with Crippen LogP contribution >= 0.6 is 0 Å². The maximum Gasteiger partial charge on any atom is 0.191 e. The summed E-state index contributed by atoms with van der Waals surface area (Å²) < 4.78 is 31.8. The first-order valence-electron chi connectivity index (χ1n) is 7.75. The third kappa shape index (κ3) is 5.87. The van der Waals surface area contributed by atoms with E-state index in [9.17, 15) is 8.78 Å². The van der Waals surface area contributed by atoms with Crippen molar-refractivity contribution in [1.82, 2.24) is 10.6 Å². The number of nitrogens with one attached hydrogen (secondary N) is 2. The standard InChI is InChI=1S/C18H21F2N3O/c1-21-18(23-13-14-5-2-3-6-17(14)20)22-11-4-12-24-16-9-7-15(19)8-10-16/h2-3,5-10H,4,11-13H2,1H3,(H2,21,22,23). The molecule has 2 rings (SSSR count). The Morgan fingerprint density at radius 3 is 2.50 bits per heavy atom. The smallest absolute Gasteiger partial charge is 0.191 e. The van der Waals surface area contributed by atoms with Crippen molar-refractivity contribution >= 4 is 5.96 Å². The maximum absolute atomic E-state index is 13.5. The first-order valence-corrected chi connectivity index (χ1v) is 7.75. The van der Waals surface area contributed by atoms with Crippen LogP contribution in [-0.2, 0) is 6.54 Å². The second-order valence-corrected chi connectivity index (χ2v) is 5.10. The highest BCUT2D eigenvalue weighted by molar-refractivity contribution is 5.79. The topological polar surface area (TPSA) is 45.7 Å². The Hall–Kier alpha value is -2.63. The summed E-state index contributed by atoms with van der Waals surface area (Å²) in [6.07, 6.45) is 0.748. The lowest BCUT2D eigenvalue weighted by Crippen LogP contribution is -2.37. The lowest BCUT2D eigenvalue weighted by molar-refractivity contribution is 0.310. The van der Waals surface area contributed by atoms with E-state index >= 15 is 0 Å². The number of aliphatic imine (C=N–C) groups is 1. The molecule has 0 aliphatic carbocycles.